The van der Waals surface area contributed by atoms with E-state index >= 15 is 0 Å². The first-order valence-electron chi connectivity index (χ1n) is 4.62. The van der Waals surface area contributed by atoms with Crippen LogP contribution in [-0.4, -0.2) is 36.9 Å². The van der Waals surface area contributed by atoms with Crippen LogP contribution in [0, 0.1) is 0 Å². The SMILES string of the molecule is CC(=O)Nc1nnc(S(=O)(=O)NCCCCl)s1. The highest BCUT2D eigenvalue weighted by Crippen LogP contribution is 2.19. The molecule has 0 aromatic carbocycles. The van der Waals surface area contributed by atoms with Crippen LogP contribution in [0.15, 0.2) is 4.34 Å². The zero-order valence-corrected chi connectivity index (χ0v) is 11.3. The molecule has 0 atom stereocenters. The highest BCUT2D eigenvalue weighted by Gasteiger charge is 2.19. The molecule has 0 radical (unpaired) electrons. The number of anilines is 1. The lowest BCUT2D eigenvalue weighted by Gasteiger charge is -2.00. The molecule has 1 aromatic heterocycles. The number of aromatic nitrogens is 2. The number of hydrogen-bond acceptors (Lipinski definition) is 6. The molecule has 0 saturated heterocycles. The van der Waals surface area contributed by atoms with Crippen LogP contribution >= 0.6 is 22.9 Å². The van der Waals surface area contributed by atoms with Gasteiger partial charge in [-0.05, 0) is 6.42 Å². The fourth-order valence-electron chi connectivity index (χ4n) is 0.855. The van der Waals surface area contributed by atoms with E-state index in [0.717, 1.165) is 11.3 Å². The van der Waals surface area contributed by atoms with Gasteiger partial charge in [-0.3, -0.25) is 4.79 Å². The summed E-state index contributed by atoms with van der Waals surface area (Å²) < 4.78 is 25.4. The van der Waals surface area contributed by atoms with Gasteiger partial charge in [0.15, 0.2) is 0 Å². The van der Waals surface area contributed by atoms with Gasteiger partial charge < -0.3 is 5.32 Å². The van der Waals surface area contributed by atoms with Crippen molar-refractivity contribution in [3.8, 4) is 0 Å². The zero-order chi connectivity index (χ0) is 12.9. The second-order valence-electron chi connectivity index (χ2n) is 2.99. The first-order valence-corrected chi connectivity index (χ1v) is 7.46. The van der Waals surface area contributed by atoms with E-state index in [1.165, 1.54) is 6.92 Å². The van der Waals surface area contributed by atoms with Crippen molar-refractivity contribution >= 4 is 44.0 Å². The molecule has 1 aromatic rings. The van der Waals surface area contributed by atoms with Crippen LogP contribution in [-0.2, 0) is 14.8 Å². The Bertz CT molecular complexity index is 487. The van der Waals surface area contributed by atoms with Gasteiger partial charge in [-0.15, -0.1) is 21.8 Å². The Hall–Kier alpha value is -0.770. The molecule has 1 rings (SSSR count). The highest BCUT2D eigenvalue weighted by atomic mass is 35.5. The Morgan fingerprint density at radius 1 is 1.47 bits per heavy atom. The number of hydrogen-bond donors (Lipinski definition) is 2. The van der Waals surface area contributed by atoms with Gasteiger partial charge in [0.2, 0.25) is 15.4 Å². The number of sulfonamides is 1. The monoisotopic (exact) mass is 298 g/mol. The minimum atomic E-state index is -3.66. The first-order chi connectivity index (χ1) is 7.95. The van der Waals surface area contributed by atoms with Crippen LogP contribution in [0.25, 0.3) is 0 Å². The Balaban J connectivity index is 2.71. The van der Waals surface area contributed by atoms with E-state index in [9.17, 15) is 13.2 Å². The van der Waals surface area contributed by atoms with Crippen molar-refractivity contribution < 1.29 is 13.2 Å². The third-order valence-electron chi connectivity index (χ3n) is 1.52. The lowest BCUT2D eigenvalue weighted by Crippen LogP contribution is -2.24. The van der Waals surface area contributed by atoms with Crippen LogP contribution in [0.3, 0.4) is 0 Å². The van der Waals surface area contributed by atoms with Gasteiger partial charge >= 0.3 is 0 Å². The van der Waals surface area contributed by atoms with Gasteiger partial charge in [0.05, 0.1) is 0 Å². The summed E-state index contributed by atoms with van der Waals surface area (Å²) in [5.41, 5.74) is 0. The summed E-state index contributed by atoms with van der Waals surface area (Å²) in [6.07, 6.45) is 0.526. The third kappa shape index (κ3) is 4.54. The van der Waals surface area contributed by atoms with Crippen LogP contribution in [0.2, 0.25) is 0 Å². The van der Waals surface area contributed by atoms with E-state index in [-0.39, 0.29) is 21.9 Å². The van der Waals surface area contributed by atoms with Crippen LogP contribution in [0.4, 0.5) is 5.13 Å². The van der Waals surface area contributed by atoms with Gasteiger partial charge in [0.25, 0.3) is 10.0 Å². The lowest BCUT2D eigenvalue weighted by molar-refractivity contribution is -0.114. The summed E-state index contributed by atoms with van der Waals surface area (Å²) in [4.78, 5) is 10.7. The number of carbonyl (C=O) groups is 1. The molecular formula is C7H11ClN4O3S2. The molecule has 0 aliphatic carbocycles. The van der Waals surface area contributed by atoms with E-state index in [0.29, 0.717) is 12.3 Å². The molecule has 0 spiro atoms. The van der Waals surface area contributed by atoms with E-state index in [1.54, 1.807) is 0 Å². The second kappa shape index (κ2) is 6.24. The molecule has 0 aliphatic rings. The molecule has 96 valence electrons. The normalized spacial score (nSPS) is 11.4. The predicted octanol–water partition coefficient (Wildman–Crippen LogP) is 0.404. The molecule has 7 nitrogen and oxygen atoms in total. The zero-order valence-electron chi connectivity index (χ0n) is 8.93. The minimum absolute atomic E-state index is 0.148. The van der Waals surface area contributed by atoms with Gasteiger partial charge in [0, 0.05) is 19.3 Å². The largest absolute Gasteiger partial charge is 0.301 e. The van der Waals surface area contributed by atoms with Crippen molar-refractivity contribution in [3.05, 3.63) is 0 Å². The summed E-state index contributed by atoms with van der Waals surface area (Å²) in [5.74, 6) is 0.0377. The molecule has 0 fully saturated rings. The van der Waals surface area contributed by atoms with Crippen molar-refractivity contribution in [3.63, 3.8) is 0 Å². The van der Waals surface area contributed by atoms with Crippen LogP contribution in [0.1, 0.15) is 13.3 Å². The van der Waals surface area contributed by atoms with Gasteiger partial charge in [-0.1, -0.05) is 11.3 Å². The molecule has 0 unspecified atom stereocenters. The van der Waals surface area contributed by atoms with E-state index in [1.807, 2.05) is 0 Å². The average Bonchev–Trinajstić information content (AvgIpc) is 2.66. The summed E-state index contributed by atoms with van der Waals surface area (Å²) in [6.45, 7) is 1.54. The van der Waals surface area contributed by atoms with Crippen molar-refractivity contribution in [2.45, 2.75) is 17.7 Å². The summed E-state index contributed by atoms with van der Waals surface area (Å²) in [5, 5.41) is 9.54. The predicted molar refractivity (Wildman–Crippen MR) is 64.7 cm³/mol. The Kier molecular flexibility index (Phi) is 5.25. The van der Waals surface area contributed by atoms with Crippen molar-refractivity contribution in [1.29, 1.82) is 0 Å². The Morgan fingerprint density at radius 3 is 2.76 bits per heavy atom. The molecule has 0 aliphatic heterocycles. The topological polar surface area (TPSA) is 101 Å². The van der Waals surface area contributed by atoms with E-state index in [2.05, 4.69) is 20.2 Å². The Labute approximate surface area is 108 Å². The lowest BCUT2D eigenvalue weighted by atomic mass is 10.5. The average molecular weight is 299 g/mol. The standard InChI is InChI=1S/C7H11ClN4O3S2/c1-5(13)10-6-11-12-7(16-6)17(14,15)9-4-2-3-8/h9H,2-4H2,1H3,(H,10,11,13). The van der Waals surface area contributed by atoms with Gasteiger partial charge in [0.1, 0.15) is 0 Å². The van der Waals surface area contributed by atoms with Crippen molar-refractivity contribution in [2.24, 2.45) is 0 Å². The molecule has 17 heavy (non-hydrogen) atoms. The third-order valence-corrected chi connectivity index (χ3v) is 4.46. The van der Waals surface area contributed by atoms with Crippen LogP contribution < -0.4 is 10.0 Å². The van der Waals surface area contributed by atoms with Gasteiger partial charge in [-0.25, -0.2) is 13.1 Å². The molecule has 1 amide bonds. The number of nitrogens with zero attached hydrogens (tertiary/aromatic N) is 2. The molecule has 0 saturated carbocycles. The van der Waals surface area contributed by atoms with E-state index < -0.39 is 10.0 Å². The van der Waals surface area contributed by atoms with Gasteiger partial charge in [-0.2, -0.15) is 0 Å². The second-order valence-corrected chi connectivity index (χ2v) is 6.29. The fourth-order valence-corrected chi connectivity index (χ4v) is 3.05. The number of amides is 1. The van der Waals surface area contributed by atoms with Crippen LogP contribution in [0.5, 0.6) is 0 Å². The van der Waals surface area contributed by atoms with Crippen molar-refractivity contribution in [1.82, 2.24) is 14.9 Å². The number of alkyl halides is 1. The quantitative estimate of drug-likeness (QED) is 0.450. The number of nitrogens with one attached hydrogen (secondary N) is 2. The first kappa shape index (κ1) is 14.3. The van der Waals surface area contributed by atoms with E-state index in [4.69, 9.17) is 11.6 Å². The number of rotatable bonds is 6. The summed E-state index contributed by atoms with van der Waals surface area (Å²) >= 11 is 6.22. The summed E-state index contributed by atoms with van der Waals surface area (Å²) in [6, 6.07) is 0. The molecule has 0 bridgehead atoms. The number of carbonyl (C=O) groups excluding carboxylic acids is 1. The molecule has 1 heterocycles. The van der Waals surface area contributed by atoms with Crippen molar-refractivity contribution in [2.75, 3.05) is 17.7 Å². The summed E-state index contributed by atoms with van der Waals surface area (Å²) in [7, 11) is -3.66. The number of halogens is 1. The smallest absolute Gasteiger partial charge is 0.269 e. The minimum Gasteiger partial charge on any atom is -0.301 e. The highest BCUT2D eigenvalue weighted by molar-refractivity contribution is 7.91. The fraction of sp³-hybridized carbons (Fsp3) is 0.571. The molecular weight excluding hydrogens is 288 g/mol. The Morgan fingerprint density at radius 2 is 2.18 bits per heavy atom. The molecule has 10 heteroatoms. The molecule has 2 N–H and O–H groups in total. The maximum atomic E-state index is 11.6. The maximum Gasteiger partial charge on any atom is 0.269 e. The maximum absolute atomic E-state index is 11.6.